The van der Waals surface area contributed by atoms with Gasteiger partial charge >= 0.3 is 0 Å². The molecule has 0 saturated heterocycles. The molecule has 0 radical (unpaired) electrons. The van der Waals surface area contributed by atoms with Crippen LogP contribution < -0.4 is 5.32 Å². The number of nitrogens with one attached hydrogen (secondary N) is 2. The Morgan fingerprint density at radius 1 is 1.53 bits per heavy atom. The topological polar surface area (TPSA) is 58.5 Å². The van der Waals surface area contributed by atoms with Crippen LogP contribution in [0.25, 0.3) is 0 Å². The average Bonchev–Trinajstić information content (AvgIpc) is 2.98. The van der Waals surface area contributed by atoms with Gasteiger partial charge in [-0.25, -0.2) is 4.98 Å². The SMILES string of the molecule is CCCNC(Cc1c(Br)c(C)nn1C)c1ncc[nH]1. The van der Waals surface area contributed by atoms with Gasteiger partial charge in [-0.15, -0.1) is 0 Å². The summed E-state index contributed by atoms with van der Waals surface area (Å²) in [6.07, 6.45) is 5.60. The first-order valence-electron chi connectivity index (χ1n) is 6.54. The molecule has 0 aliphatic rings. The molecule has 0 amide bonds. The van der Waals surface area contributed by atoms with Crippen molar-refractivity contribution in [3.63, 3.8) is 0 Å². The van der Waals surface area contributed by atoms with Crippen LogP contribution in [-0.4, -0.2) is 26.3 Å². The normalized spacial score (nSPS) is 12.8. The van der Waals surface area contributed by atoms with Crippen LogP contribution in [0.3, 0.4) is 0 Å². The molecule has 0 spiro atoms. The summed E-state index contributed by atoms with van der Waals surface area (Å²) in [5, 5.41) is 7.96. The number of nitrogens with zero attached hydrogens (tertiary/aromatic N) is 3. The summed E-state index contributed by atoms with van der Waals surface area (Å²) in [4.78, 5) is 7.56. The van der Waals surface area contributed by atoms with E-state index in [1.54, 1.807) is 6.20 Å². The molecule has 0 aliphatic heterocycles. The number of aromatic amines is 1. The molecule has 1 atom stereocenters. The van der Waals surface area contributed by atoms with Crippen molar-refractivity contribution < 1.29 is 0 Å². The molecule has 104 valence electrons. The van der Waals surface area contributed by atoms with E-state index < -0.39 is 0 Å². The second kappa shape index (κ2) is 6.34. The zero-order valence-corrected chi connectivity index (χ0v) is 13.2. The molecule has 19 heavy (non-hydrogen) atoms. The van der Waals surface area contributed by atoms with Gasteiger partial charge in [0, 0.05) is 25.9 Å². The molecule has 5 nitrogen and oxygen atoms in total. The van der Waals surface area contributed by atoms with Gasteiger partial charge in [0.1, 0.15) is 5.82 Å². The fourth-order valence-corrected chi connectivity index (χ4v) is 2.65. The highest BCUT2D eigenvalue weighted by Gasteiger charge is 2.19. The van der Waals surface area contributed by atoms with Gasteiger partial charge in [-0.05, 0) is 35.8 Å². The maximum absolute atomic E-state index is 4.44. The number of halogens is 1. The van der Waals surface area contributed by atoms with Crippen molar-refractivity contribution in [1.29, 1.82) is 0 Å². The van der Waals surface area contributed by atoms with Crippen LogP contribution in [-0.2, 0) is 13.5 Å². The van der Waals surface area contributed by atoms with E-state index in [1.807, 2.05) is 24.9 Å². The number of hydrogen-bond acceptors (Lipinski definition) is 3. The molecule has 2 rings (SSSR count). The summed E-state index contributed by atoms with van der Waals surface area (Å²) in [7, 11) is 1.98. The number of hydrogen-bond donors (Lipinski definition) is 2. The van der Waals surface area contributed by atoms with Crippen LogP contribution >= 0.6 is 15.9 Å². The number of aryl methyl sites for hydroxylation is 2. The fraction of sp³-hybridized carbons (Fsp3) is 0.538. The van der Waals surface area contributed by atoms with E-state index in [0.29, 0.717) is 0 Å². The van der Waals surface area contributed by atoms with Gasteiger partial charge in [0.15, 0.2) is 0 Å². The lowest BCUT2D eigenvalue weighted by molar-refractivity contribution is 0.493. The van der Waals surface area contributed by atoms with Gasteiger partial charge in [-0.3, -0.25) is 4.68 Å². The maximum atomic E-state index is 4.44. The Kier molecular flexibility index (Phi) is 4.76. The molecule has 2 aromatic heterocycles. The van der Waals surface area contributed by atoms with Gasteiger partial charge in [0.05, 0.1) is 21.9 Å². The Morgan fingerprint density at radius 2 is 2.32 bits per heavy atom. The van der Waals surface area contributed by atoms with Crippen LogP contribution in [0, 0.1) is 6.92 Å². The van der Waals surface area contributed by atoms with E-state index in [4.69, 9.17) is 0 Å². The Balaban J connectivity index is 2.20. The van der Waals surface area contributed by atoms with Crippen molar-refractivity contribution in [2.24, 2.45) is 7.05 Å². The third kappa shape index (κ3) is 3.25. The maximum Gasteiger partial charge on any atom is 0.123 e. The van der Waals surface area contributed by atoms with Gasteiger partial charge in [0.25, 0.3) is 0 Å². The highest BCUT2D eigenvalue weighted by Crippen LogP contribution is 2.24. The number of rotatable bonds is 6. The van der Waals surface area contributed by atoms with Crippen molar-refractivity contribution in [3.05, 3.63) is 34.1 Å². The molecule has 0 bridgehead atoms. The number of imidazole rings is 1. The second-order valence-electron chi connectivity index (χ2n) is 4.65. The lowest BCUT2D eigenvalue weighted by Crippen LogP contribution is -2.26. The van der Waals surface area contributed by atoms with E-state index >= 15 is 0 Å². The Hall–Kier alpha value is -1.14. The van der Waals surface area contributed by atoms with Gasteiger partial charge in [0.2, 0.25) is 0 Å². The predicted octanol–water partition coefficient (Wildman–Crippen LogP) is 2.50. The van der Waals surface area contributed by atoms with Crippen molar-refractivity contribution >= 4 is 15.9 Å². The standard InChI is InChI=1S/C13H20BrN5/c1-4-5-15-10(13-16-6-7-17-13)8-11-12(14)9(2)18-19(11)3/h6-7,10,15H,4-5,8H2,1-3H3,(H,16,17). The molecule has 0 aromatic carbocycles. The Morgan fingerprint density at radius 3 is 2.84 bits per heavy atom. The summed E-state index contributed by atoms with van der Waals surface area (Å²) in [5.41, 5.74) is 2.20. The van der Waals surface area contributed by atoms with E-state index in [1.165, 1.54) is 5.69 Å². The van der Waals surface area contributed by atoms with E-state index in [9.17, 15) is 0 Å². The first-order valence-corrected chi connectivity index (χ1v) is 7.33. The van der Waals surface area contributed by atoms with Crippen molar-refractivity contribution in [3.8, 4) is 0 Å². The van der Waals surface area contributed by atoms with Crippen LogP contribution in [0.5, 0.6) is 0 Å². The van der Waals surface area contributed by atoms with E-state index in [0.717, 1.165) is 35.4 Å². The fourth-order valence-electron chi connectivity index (χ4n) is 2.15. The Labute approximate surface area is 121 Å². The first-order chi connectivity index (χ1) is 9.13. The summed E-state index contributed by atoms with van der Waals surface area (Å²) in [5.74, 6) is 0.971. The summed E-state index contributed by atoms with van der Waals surface area (Å²) >= 11 is 3.62. The molecular formula is C13H20BrN5. The van der Waals surface area contributed by atoms with Crippen molar-refractivity contribution in [1.82, 2.24) is 25.1 Å². The van der Waals surface area contributed by atoms with Crippen LogP contribution in [0.15, 0.2) is 16.9 Å². The minimum Gasteiger partial charge on any atom is -0.347 e. The zero-order valence-electron chi connectivity index (χ0n) is 11.6. The number of aromatic nitrogens is 4. The first kappa shape index (κ1) is 14.3. The minimum absolute atomic E-state index is 0.182. The quantitative estimate of drug-likeness (QED) is 0.857. The summed E-state index contributed by atoms with van der Waals surface area (Å²) in [6, 6.07) is 0.182. The van der Waals surface area contributed by atoms with Crippen LogP contribution in [0.4, 0.5) is 0 Å². The summed E-state index contributed by atoms with van der Waals surface area (Å²) < 4.78 is 3.02. The predicted molar refractivity (Wildman–Crippen MR) is 79.0 cm³/mol. The highest BCUT2D eigenvalue weighted by molar-refractivity contribution is 9.10. The summed E-state index contributed by atoms with van der Waals surface area (Å²) in [6.45, 7) is 5.14. The van der Waals surface area contributed by atoms with E-state index in [2.05, 4.69) is 43.2 Å². The molecule has 0 saturated carbocycles. The molecule has 6 heteroatoms. The lowest BCUT2D eigenvalue weighted by Gasteiger charge is -2.16. The molecule has 2 N–H and O–H groups in total. The lowest BCUT2D eigenvalue weighted by atomic mass is 10.1. The van der Waals surface area contributed by atoms with E-state index in [-0.39, 0.29) is 6.04 Å². The molecule has 0 fully saturated rings. The minimum atomic E-state index is 0.182. The third-order valence-corrected chi connectivity index (χ3v) is 4.18. The van der Waals surface area contributed by atoms with Crippen molar-refractivity contribution in [2.75, 3.05) is 6.54 Å². The van der Waals surface area contributed by atoms with Crippen molar-refractivity contribution in [2.45, 2.75) is 32.7 Å². The van der Waals surface area contributed by atoms with Gasteiger partial charge in [-0.1, -0.05) is 6.92 Å². The molecule has 2 heterocycles. The zero-order chi connectivity index (χ0) is 13.8. The number of H-pyrrole nitrogens is 1. The second-order valence-corrected chi connectivity index (χ2v) is 5.45. The molecule has 1 unspecified atom stereocenters. The van der Waals surface area contributed by atoms with Crippen LogP contribution in [0.2, 0.25) is 0 Å². The molecule has 0 aliphatic carbocycles. The highest BCUT2D eigenvalue weighted by atomic mass is 79.9. The molecule has 2 aromatic rings. The average molecular weight is 326 g/mol. The van der Waals surface area contributed by atoms with Crippen LogP contribution in [0.1, 0.15) is 36.6 Å². The smallest absolute Gasteiger partial charge is 0.123 e. The monoisotopic (exact) mass is 325 g/mol. The Bertz CT molecular complexity index is 517. The molecular weight excluding hydrogens is 306 g/mol. The van der Waals surface area contributed by atoms with Gasteiger partial charge in [-0.2, -0.15) is 5.10 Å². The largest absolute Gasteiger partial charge is 0.347 e. The third-order valence-electron chi connectivity index (χ3n) is 3.15. The van der Waals surface area contributed by atoms with Gasteiger partial charge < -0.3 is 10.3 Å².